The van der Waals surface area contributed by atoms with Crippen molar-refractivity contribution in [3.05, 3.63) is 108 Å². The lowest BCUT2D eigenvalue weighted by atomic mass is 10.1. The second-order valence-electron chi connectivity index (χ2n) is 5.07. The van der Waals surface area contributed by atoms with Crippen LogP contribution in [0.1, 0.15) is 5.56 Å². The van der Waals surface area contributed by atoms with Gasteiger partial charge in [0.2, 0.25) is 0 Å². The normalized spacial score (nSPS) is 11.8. The molecule has 0 radical (unpaired) electrons. The minimum atomic E-state index is -0.223. The standard InChI is InChI=1S/C21H16FNS/c22-18-11-13-20(14-12-18)24-16-15-21(17-7-3-1-4-8-17)23-19-9-5-2-6-10-19/h1-16H/b16-15+,23-21?. The Morgan fingerprint density at radius 1 is 0.792 bits per heavy atom. The second kappa shape index (κ2) is 8.27. The first kappa shape index (κ1) is 16.2. The number of halogens is 1. The molecule has 0 heterocycles. The summed E-state index contributed by atoms with van der Waals surface area (Å²) < 4.78 is 13.0. The molecular weight excluding hydrogens is 317 g/mol. The Morgan fingerprint density at radius 2 is 1.42 bits per heavy atom. The van der Waals surface area contributed by atoms with Gasteiger partial charge in [-0.15, -0.1) is 0 Å². The SMILES string of the molecule is Fc1ccc(S/C=C/C(=Nc2ccccc2)c2ccccc2)cc1. The van der Waals surface area contributed by atoms with Crippen molar-refractivity contribution < 1.29 is 4.39 Å². The number of aliphatic imine (C=N–C) groups is 1. The van der Waals surface area contributed by atoms with Crippen LogP contribution in [-0.4, -0.2) is 5.71 Å². The summed E-state index contributed by atoms with van der Waals surface area (Å²) in [6.45, 7) is 0. The summed E-state index contributed by atoms with van der Waals surface area (Å²) in [6.07, 6.45) is 1.98. The van der Waals surface area contributed by atoms with Gasteiger partial charge in [-0.1, -0.05) is 60.3 Å². The van der Waals surface area contributed by atoms with Crippen LogP contribution in [0, 0.1) is 5.82 Å². The monoisotopic (exact) mass is 333 g/mol. The van der Waals surface area contributed by atoms with Crippen molar-refractivity contribution in [3.63, 3.8) is 0 Å². The van der Waals surface area contributed by atoms with Gasteiger partial charge in [-0.2, -0.15) is 0 Å². The van der Waals surface area contributed by atoms with E-state index in [0.29, 0.717) is 0 Å². The zero-order valence-corrected chi connectivity index (χ0v) is 13.8. The Labute approximate surface area is 145 Å². The molecule has 3 rings (SSSR count). The van der Waals surface area contributed by atoms with Crippen LogP contribution in [0.3, 0.4) is 0 Å². The molecule has 3 heteroatoms. The lowest BCUT2D eigenvalue weighted by molar-refractivity contribution is 0.626. The predicted molar refractivity (Wildman–Crippen MR) is 100 cm³/mol. The molecule has 0 N–H and O–H groups in total. The van der Waals surface area contributed by atoms with Gasteiger partial charge < -0.3 is 0 Å². The molecule has 0 aliphatic rings. The average molecular weight is 333 g/mol. The topological polar surface area (TPSA) is 12.4 Å². The van der Waals surface area contributed by atoms with Crippen LogP contribution in [0.2, 0.25) is 0 Å². The quantitative estimate of drug-likeness (QED) is 0.397. The molecule has 0 unspecified atom stereocenters. The van der Waals surface area contributed by atoms with E-state index in [1.165, 1.54) is 23.9 Å². The molecule has 0 saturated carbocycles. The number of benzene rings is 3. The van der Waals surface area contributed by atoms with Crippen LogP contribution in [0.5, 0.6) is 0 Å². The molecule has 0 fully saturated rings. The summed E-state index contributed by atoms with van der Waals surface area (Å²) >= 11 is 1.53. The van der Waals surface area contributed by atoms with E-state index < -0.39 is 0 Å². The summed E-state index contributed by atoms with van der Waals surface area (Å²) in [5, 5.41) is 1.97. The molecule has 0 bridgehead atoms. The first-order chi connectivity index (χ1) is 11.8. The molecule has 1 nitrogen and oxygen atoms in total. The Kier molecular flexibility index (Phi) is 5.59. The fraction of sp³-hybridized carbons (Fsp3) is 0. The molecular formula is C21H16FNS. The molecule has 0 aliphatic carbocycles. The van der Waals surface area contributed by atoms with E-state index in [1.54, 1.807) is 12.1 Å². The molecule has 118 valence electrons. The van der Waals surface area contributed by atoms with E-state index >= 15 is 0 Å². The number of thioether (sulfide) groups is 1. The minimum Gasteiger partial charge on any atom is -0.248 e. The molecule has 0 saturated heterocycles. The molecule has 0 amide bonds. The lowest BCUT2D eigenvalue weighted by Gasteiger charge is -2.03. The van der Waals surface area contributed by atoms with E-state index in [4.69, 9.17) is 4.99 Å². The molecule has 0 aromatic heterocycles. The van der Waals surface area contributed by atoms with E-state index in [0.717, 1.165) is 21.9 Å². The molecule has 0 spiro atoms. The van der Waals surface area contributed by atoms with Crippen LogP contribution < -0.4 is 0 Å². The van der Waals surface area contributed by atoms with Crippen LogP contribution in [0.25, 0.3) is 0 Å². The van der Waals surface area contributed by atoms with Crippen LogP contribution in [0.15, 0.2) is 106 Å². The van der Waals surface area contributed by atoms with Gasteiger partial charge in [0.1, 0.15) is 5.82 Å². The number of hydrogen-bond donors (Lipinski definition) is 0. The number of para-hydroxylation sites is 1. The van der Waals surface area contributed by atoms with Crippen molar-refractivity contribution in [1.82, 2.24) is 0 Å². The first-order valence-corrected chi connectivity index (χ1v) is 8.47. The Bertz CT molecular complexity index is 825. The molecule has 24 heavy (non-hydrogen) atoms. The largest absolute Gasteiger partial charge is 0.248 e. The Balaban J connectivity index is 1.84. The maximum Gasteiger partial charge on any atom is 0.123 e. The van der Waals surface area contributed by atoms with E-state index in [9.17, 15) is 4.39 Å². The van der Waals surface area contributed by atoms with Gasteiger partial charge in [-0.05, 0) is 47.9 Å². The highest BCUT2D eigenvalue weighted by Gasteiger charge is 2.00. The Morgan fingerprint density at radius 3 is 2.08 bits per heavy atom. The number of hydrogen-bond acceptors (Lipinski definition) is 2. The molecule has 3 aromatic rings. The number of nitrogens with zero attached hydrogens (tertiary/aromatic N) is 1. The Hall–Kier alpha value is -2.65. The van der Waals surface area contributed by atoms with Gasteiger partial charge in [-0.3, -0.25) is 0 Å². The molecule has 0 aliphatic heterocycles. The number of allylic oxidation sites excluding steroid dienone is 1. The highest BCUT2D eigenvalue weighted by atomic mass is 32.2. The van der Waals surface area contributed by atoms with E-state index in [1.807, 2.05) is 72.1 Å². The highest BCUT2D eigenvalue weighted by molar-refractivity contribution is 8.02. The summed E-state index contributed by atoms with van der Waals surface area (Å²) in [4.78, 5) is 5.72. The van der Waals surface area contributed by atoms with Crippen molar-refractivity contribution in [2.75, 3.05) is 0 Å². The van der Waals surface area contributed by atoms with Crippen LogP contribution in [0.4, 0.5) is 10.1 Å². The first-order valence-electron chi connectivity index (χ1n) is 7.59. The summed E-state index contributed by atoms with van der Waals surface area (Å²) in [7, 11) is 0. The van der Waals surface area contributed by atoms with E-state index in [2.05, 4.69) is 0 Å². The third kappa shape index (κ3) is 4.67. The zero-order valence-electron chi connectivity index (χ0n) is 13.0. The second-order valence-corrected chi connectivity index (χ2v) is 6.05. The maximum absolute atomic E-state index is 13.0. The van der Waals surface area contributed by atoms with Crippen molar-refractivity contribution in [2.45, 2.75) is 4.90 Å². The van der Waals surface area contributed by atoms with Crippen LogP contribution >= 0.6 is 11.8 Å². The molecule has 3 aromatic carbocycles. The summed E-state index contributed by atoms with van der Waals surface area (Å²) in [5.74, 6) is -0.223. The fourth-order valence-corrected chi connectivity index (χ4v) is 2.79. The van der Waals surface area contributed by atoms with Gasteiger partial charge in [-0.25, -0.2) is 9.38 Å². The summed E-state index contributed by atoms with van der Waals surface area (Å²) in [5.41, 5.74) is 2.85. The predicted octanol–water partition coefficient (Wildman–Crippen LogP) is 6.25. The summed E-state index contributed by atoms with van der Waals surface area (Å²) in [6, 6.07) is 26.4. The van der Waals surface area contributed by atoms with E-state index in [-0.39, 0.29) is 5.82 Å². The van der Waals surface area contributed by atoms with Gasteiger partial charge >= 0.3 is 0 Å². The third-order valence-electron chi connectivity index (χ3n) is 3.32. The van der Waals surface area contributed by atoms with Crippen LogP contribution in [-0.2, 0) is 0 Å². The average Bonchev–Trinajstić information content (AvgIpc) is 2.64. The zero-order chi connectivity index (χ0) is 16.6. The maximum atomic E-state index is 13.0. The van der Waals surface area contributed by atoms with Gasteiger partial charge in [0.25, 0.3) is 0 Å². The molecule has 0 atom stereocenters. The van der Waals surface area contributed by atoms with Crippen molar-refractivity contribution >= 4 is 23.2 Å². The van der Waals surface area contributed by atoms with Gasteiger partial charge in [0.15, 0.2) is 0 Å². The van der Waals surface area contributed by atoms with Gasteiger partial charge in [0.05, 0.1) is 11.4 Å². The van der Waals surface area contributed by atoms with Crippen molar-refractivity contribution in [1.29, 1.82) is 0 Å². The van der Waals surface area contributed by atoms with Crippen molar-refractivity contribution in [3.8, 4) is 0 Å². The minimum absolute atomic E-state index is 0.223. The van der Waals surface area contributed by atoms with Gasteiger partial charge in [0, 0.05) is 10.5 Å². The lowest BCUT2D eigenvalue weighted by Crippen LogP contribution is -1.95. The number of rotatable bonds is 5. The van der Waals surface area contributed by atoms with Crippen molar-refractivity contribution in [2.24, 2.45) is 4.99 Å². The highest BCUT2D eigenvalue weighted by Crippen LogP contribution is 2.20. The smallest absolute Gasteiger partial charge is 0.123 e. The fourth-order valence-electron chi connectivity index (χ4n) is 2.14. The third-order valence-corrected chi connectivity index (χ3v) is 4.14.